The number of halogens is 2. The number of aromatic hydroxyl groups is 1. The number of aromatic amines is 1. The number of nitrogens with zero attached hydrogens (tertiary/aromatic N) is 2. The van der Waals surface area contributed by atoms with Crippen molar-refractivity contribution < 1.29 is 23.4 Å². The second kappa shape index (κ2) is 6.49. The Morgan fingerprint density at radius 2 is 2.00 bits per heavy atom. The largest absolute Gasteiger partial charge is 0.494 e. The van der Waals surface area contributed by atoms with Crippen LogP contribution < -0.4 is 5.32 Å². The summed E-state index contributed by atoms with van der Waals surface area (Å²) in [4.78, 5) is 22.5. The Balaban J connectivity index is 1.72. The lowest BCUT2D eigenvalue weighted by Crippen LogP contribution is -2.40. The average Bonchev–Trinajstić information content (AvgIpc) is 2.98. The zero-order valence-electron chi connectivity index (χ0n) is 14.3. The number of H-pyrrole nitrogens is 1. The number of nitrogens with one attached hydrogen (secondary N) is 2. The van der Waals surface area contributed by atoms with Gasteiger partial charge in [-0.3, -0.25) is 4.79 Å². The summed E-state index contributed by atoms with van der Waals surface area (Å²) in [6, 6.07) is 3.43. The van der Waals surface area contributed by atoms with Crippen LogP contribution in [0.3, 0.4) is 0 Å². The normalized spacial score (nSPS) is 18.9. The molecule has 1 aromatic carbocycles. The predicted molar refractivity (Wildman–Crippen MR) is 93.1 cm³/mol. The topological polar surface area (TPSA) is 100 Å². The first kappa shape index (κ1) is 17.2. The van der Waals surface area contributed by atoms with Crippen molar-refractivity contribution in [3.05, 3.63) is 36.0 Å². The molecule has 0 radical (unpaired) electrons. The summed E-state index contributed by atoms with van der Waals surface area (Å²) in [6.45, 7) is 0. The van der Waals surface area contributed by atoms with Crippen molar-refractivity contribution in [2.75, 3.05) is 12.4 Å². The molecular formula is C18H16F2N4O3. The van der Waals surface area contributed by atoms with Gasteiger partial charge >= 0.3 is 5.97 Å². The van der Waals surface area contributed by atoms with E-state index in [0.717, 1.165) is 12.1 Å². The highest BCUT2D eigenvalue weighted by molar-refractivity contribution is 5.95. The van der Waals surface area contributed by atoms with E-state index in [1.165, 1.54) is 19.4 Å². The van der Waals surface area contributed by atoms with Crippen LogP contribution >= 0.6 is 0 Å². The van der Waals surface area contributed by atoms with Crippen LogP contribution in [-0.2, 0) is 9.53 Å². The maximum absolute atomic E-state index is 14.1. The molecule has 140 valence electrons. The van der Waals surface area contributed by atoms with Crippen LogP contribution in [0.1, 0.15) is 12.8 Å². The molecular weight excluding hydrogens is 358 g/mol. The summed E-state index contributed by atoms with van der Waals surface area (Å²) in [5, 5.41) is 13.5. The van der Waals surface area contributed by atoms with Gasteiger partial charge in [-0.1, -0.05) is 6.07 Å². The van der Waals surface area contributed by atoms with Crippen LogP contribution in [0.25, 0.3) is 22.3 Å². The molecule has 1 saturated carbocycles. The Bertz CT molecular complexity index is 1010. The Hall–Kier alpha value is -3.23. The number of anilines is 1. The summed E-state index contributed by atoms with van der Waals surface area (Å²) < 4.78 is 33.0. The number of hydrogen-bond acceptors (Lipinski definition) is 6. The summed E-state index contributed by atoms with van der Waals surface area (Å²) in [7, 11) is 1.34. The van der Waals surface area contributed by atoms with Crippen LogP contribution in [0.4, 0.5) is 14.6 Å². The summed E-state index contributed by atoms with van der Waals surface area (Å²) in [5.41, 5.74) is -0.0318. The first-order chi connectivity index (χ1) is 13.0. The molecule has 2 aromatic heterocycles. The highest BCUT2D eigenvalue weighted by Gasteiger charge is 2.36. The Labute approximate surface area is 152 Å². The van der Waals surface area contributed by atoms with Gasteiger partial charge in [-0.15, -0.1) is 0 Å². The lowest BCUT2D eigenvalue weighted by Gasteiger charge is -2.34. The molecule has 3 aromatic rings. The highest BCUT2D eigenvalue weighted by Crippen LogP contribution is 2.36. The van der Waals surface area contributed by atoms with Gasteiger partial charge in [0, 0.05) is 12.2 Å². The van der Waals surface area contributed by atoms with Crippen LogP contribution in [0.5, 0.6) is 5.88 Å². The van der Waals surface area contributed by atoms with Crippen molar-refractivity contribution in [1.29, 1.82) is 0 Å². The molecule has 3 N–H and O–H groups in total. The Morgan fingerprint density at radius 1 is 1.30 bits per heavy atom. The second-order valence-electron chi connectivity index (χ2n) is 6.42. The molecule has 0 aliphatic heterocycles. The number of methoxy groups -OCH3 is 1. The molecule has 27 heavy (non-hydrogen) atoms. The number of carbonyl (C=O) groups excluding carboxylic acids is 1. The third-order valence-electron chi connectivity index (χ3n) is 4.72. The summed E-state index contributed by atoms with van der Waals surface area (Å²) in [6.07, 6.45) is 2.50. The SMILES string of the molecule is COC(=O)C1CC(Nc2nc(-c3c(F)cccc3F)nc3c[nH]c(O)c23)C1. The minimum Gasteiger partial charge on any atom is -0.494 e. The van der Waals surface area contributed by atoms with Gasteiger partial charge in [0.25, 0.3) is 0 Å². The minimum absolute atomic E-state index is 0.0835. The van der Waals surface area contributed by atoms with E-state index in [-0.39, 0.29) is 41.0 Å². The van der Waals surface area contributed by atoms with Gasteiger partial charge in [0.2, 0.25) is 5.88 Å². The van der Waals surface area contributed by atoms with E-state index < -0.39 is 11.6 Å². The van der Waals surface area contributed by atoms with E-state index in [1.54, 1.807) is 0 Å². The van der Waals surface area contributed by atoms with Crippen molar-refractivity contribution in [2.45, 2.75) is 18.9 Å². The lowest BCUT2D eigenvalue weighted by molar-refractivity contribution is -0.148. The quantitative estimate of drug-likeness (QED) is 0.607. The van der Waals surface area contributed by atoms with Crippen molar-refractivity contribution in [1.82, 2.24) is 15.0 Å². The molecule has 1 aliphatic carbocycles. The van der Waals surface area contributed by atoms with Gasteiger partial charge in [-0.25, -0.2) is 18.7 Å². The minimum atomic E-state index is -0.783. The van der Waals surface area contributed by atoms with Gasteiger partial charge in [0.05, 0.1) is 24.1 Å². The zero-order valence-corrected chi connectivity index (χ0v) is 14.3. The number of hydrogen-bond donors (Lipinski definition) is 3. The molecule has 4 rings (SSSR count). The van der Waals surface area contributed by atoms with Crippen LogP contribution in [0, 0.1) is 17.6 Å². The van der Waals surface area contributed by atoms with Gasteiger partial charge in [-0.2, -0.15) is 0 Å². The molecule has 2 heterocycles. The highest BCUT2D eigenvalue weighted by atomic mass is 19.1. The number of rotatable bonds is 4. The zero-order chi connectivity index (χ0) is 19.1. The number of fused-ring (bicyclic) bond motifs is 1. The second-order valence-corrected chi connectivity index (χ2v) is 6.42. The Morgan fingerprint density at radius 3 is 2.67 bits per heavy atom. The number of carbonyl (C=O) groups is 1. The Kier molecular flexibility index (Phi) is 4.14. The number of aromatic nitrogens is 3. The number of esters is 1. The van der Waals surface area contributed by atoms with Crippen molar-refractivity contribution in [3.63, 3.8) is 0 Å². The van der Waals surface area contributed by atoms with Gasteiger partial charge in [-0.05, 0) is 25.0 Å². The molecule has 9 heteroatoms. The summed E-state index contributed by atoms with van der Waals surface area (Å²) >= 11 is 0. The number of benzene rings is 1. The maximum Gasteiger partial charge on any atom is 0.308 e. The fraction of sp³-hybridized carbons (Fsp3) is 0.278. The summed E-state index contributed by atoms with van der Waals surface area (Å²) in [5.74, 6) is -2.10. The van der Waals surface area contributed by atoms with E-state index in [9.17, 15) is 18.7 Å². The molecule has 0 saturated heterocycles. The molecule has 0 amide bonds. The van der Waals surface area contributed by atoms with Crippen molar-refractivity contribution in [3.8, 4) is 17.3 Å². The lowest BCUT2D eigenvalue weighted by atomic mass is 9.80. The monoisotopic (exact) mass is 374 g/mol. The van der Waals surface area contributed by atoms with Crippen molar-refractivity contribution >= 4 is 22.7 Å². The molecule has 1 fully saturated rings. The van der Waals surface area contributed by atoms with E-state index in [4.69, 9.17) is 4.74 Å². The van der Waals surface area contributed by atoms with Crippen LogP contribution in [0.15, 0.2) is 24.4 Å². The van der Waals surface area contributed by atoms with Gasteiger partial charge < -0.3 is 20.1 Å². The first-order valence-electron chi connectivity index (χ1n) is 8.34. The molecule has 0 bridgehead atoms. The third-order valence-corrected chi connectivity index (χ3v) is 4.72. The molecule has 1 aliphatic rings. The standard InChI is InChI=1S/C18H16F2N4O3/c1-27-18(26)8-5-9(6-8)22-16-14-12(7-21-17(14)25)23-15(24-16)13-10(19)3-2-4-11(13)20/h2-4,7-9,21,25H,5-6H2,1H3,(H,22,23,24). The van der Waals surface area contributed by atoms with Gasteiger partial charge in [0.1, 0.15) is 22.8 Å². The van der Waals surface area contributed by atoms with E-state index in [1.807, 2.05) is 0 Å². The third kappa shape index (κ3) is 2.94. The van der Waals surface area contributed by atoms with Crippen LogP contribution in [0.2, 0.25) is 0 Å². The smallest absolute Gasteiger partial charge is 0.308 e. The molecule has 0 spiro atoms. The van der Waals surface area contributed by atoms with E-state index in [2.05, 4.69) is 20.3 Å². The van der Waals surface area contributed by atoms with Gasteiger partial charge in [0.15, 0.2) is 5.82 Å². The average molecular weight is 374 g/mol. The van der Waals surface area contributed by atoms with E-state index >= 15 is 0 Å². The molecule has 7 nitrogen and oxygen atoms in total. The van der Waals surface area contributed by atoms with Crippen LogP contribution in [-0.4, -0.2) is 39.2 Å². The fourth-order valence-corrected chi connectivity index (χ4v) is 3.24. The number of ether oxygens (including phenoxy) is 1. The fourth-order valence-electron chi connectivity index (χ4n) is 3.24. The van der Waals surface area contributed by atoms with Crippen molar-refractivity contribution in [2.24, 2.45) is 5.92 Å². The predicted octanol–water partition coefficient (Wildman–Crippen LogP) is 2.97. The van der Waals surface area contributed by atoms with E-state index in [0.29, 0.717) is 23.7 Å². The molecule has 0 atom stereocenters. The first-order valence-corrected chi connectivity index (χ1v) is 8.34. The molecule has 0 unspecified atom stereocenters. The maximum atomic E-state index is 14.1.